The SMILES string of the molecule is COCCCC(N)C(=O)c1cncc(OC(C)C)c1. The van der Waals surface area contributed by atoms with Crippen LogP contribution >= 0.6 is 0 Å². The van der Waals surface area contributed by atoms with E-state index in [1.54, 1.807) is 19.4 Å². The van der Waals surface area contributed by atoms with E-state index >= 15 is 0 Å². The summed E-state index contributed by atoms with van der Waals surface area (Å²) in [6.07, 6.45) is 4.52. The zero-order valence-corrected chi connectivity index (χ0v) is 11.8. The minimum Gasteiger partial charge on any atom is -0.489 e. The number of carbonyl (C=O) groups is 1. The average Bonchev–Trinajstić information content (AvgIpc) is 2.37. The number of nitrogens with zero attached hydrogens (tertiary/aromatic N) is 1. The molecule has 1 atom stereocenters. The van der Waals surface area contributed by atoms with Gasteiger partial charge in [0.25, 0.3) is 0 Å². The standard InChI is InChI=1S/C14H22N2O3/c1-10(2)19-12-7-11(8-16-9-12)14(17)13(15)5-4-6-18-3/h7-10,13H,4-6,15H2,1-3H3. The summed E-state index contributed by atoms with van der Waals surface area (Å²) in [5, 5.41) is 0. The van der Waals surface area contributed by atoms with Gasteiger partial charge in [-0.05, 0) is 32.8 Å². The molecule has 0 saturated carbocycles. The van der Waals surface area contributed by atoms with Crippen LogP contribution in [0.25, 0.3) is 0 Å². The molecular weight excluding hydrogens is 244 g/mol. The number of methoxy groups -OCH3 is 1. The van der Waals surface area contributed by atoms with Crippen LogP contribution in [0.15, 0.2) is 18.5 Å². The van der Waals surface area contributed by atoms with Crippen molar-refractivity contribution in [3.63, 3.8) is 0 Å². The number of ketones is 1. The molecule has 1 aromatic rings. The molecule has 0 aliphatic carbocycles. The number of aromatic nitrogens is 1. The Morgan fingerprint density at radius 3 is 2.79 bits per heavy atom. The van der Waals surface area contributed by atoms with Crippen LogP contribution in [0.5, 0.6) is 5.75 Å². The Labute approximate surface area is 114 Å². The predicted molar refractivity (Wildman–Crippen MR) is 73.4 cm³/mol. The lowest BCUT2D eigenvalue weighted by Gasteiger charge is -2.12. The average molecular weight is 266 g/mol. The highest BCUT2D eigenvalue weighted by molar-refractivity contribution is 5.99. The topological polar surface area (TPSA) is 74.4 Å². The molecule has 0 aliphatic rings. The van der Waals surface area contributed by atoms with Gasteiger partial charge in [0.05, 0.1) is 18.3 Å². The predicted octanol–water partition coefficient (Wildman–Crippen LogP) is 1.81. The number of rotatable bonds is 8. The van der Waals surface area contributed by atoms with Crippen LogP contribution in [0, 0.1) is 0 Å². The summed E-state index contributed by atoms with van der Waals surface area (Å²) in [5.74, 6) is 0.475. The van der Waals surface area contributed by atoms with Crippen molar-refractivity contribution in [2.24, 2.45) is 5.73 Å². The van der Waals surface area contributed by atoms with Crippen LogP contribution in [0.2, 0.25) is 0 Å². The Morgan fingerprint density at radius 2 is 2.16 bits per heavy atom. The van der Waals surface area contributed by atoms with Gasteiger partial charge in [0.15, 0.2) is 5.78 Å². The van der Waals surface area contributed by atoms with Crippen LogP contribution in [0.3, 0.4) is 0 Å². The third-order valence-corrected chi connectivity index (χ3v) is 2.57. The molecule has 5 heteroatoms. The first kappa shape index (κ1) is 15.6. The summed E-state index contributed by atoms with van der Waals surface area (Å²) >= 11 is 0. The van der Waals surface area contributed by atoms with E-state index in [0.717, 1.165) is 6.42 Å². The van der Waals surface area contributed by atoms with Crippen molar-refractivity contribution in [3.8, 4) is 5.75 Å². The largest absolute Gasteiger partial charge is 0.489 e. The van der Waals surface area contributed by atoms with Gasteiger partial charge in [0.2, 0.25) is 0 Å². The van der Waals surface area contributed by atoms with Crippen molar-refractivity contribution >= 4 is 5.78 Å². The molecule has 106 valence electrons. The Kier molecular flexibility index (Phi) is 6.45. The molecule has 0 amide bonds. The molecule has 0 saturated heterocycles. The van der Waals surface area contributed by atoms with Gasteiger partial charge in [-0.25, -0.2) is 0 Å². The van der Waals surface area contributed by atoms with E-state index in [9.17, 15) is 4.79 Å². The van der Waals surface area contributed by atoms with Gasteiger partial charge in [-0.1, -0.05) is 0 Å². The fraction of sp³-hybridized carbons (Fsp3) is 0.571. The van der Waals surface area contributed by atoms with Crippen LogP contribution in [0.4, 0.5) is 0 Å². The molecule has 0 bridgehead atoms. The molecular formula is C14H22N2O3. The van der Waals surface area contributed by atoms with E-state index in [4.69, 9.17) is 15.2 Å². The lowest BCUT2D eigenvalue weighted by atomic mass is 10.0. The molecule has 1 aromatic heterocycles. The van der Waals surface area contributed by atoms with Gasteiger partial charge >= 0.3 is 0 Å². The minimum absolute atomic E-state index is 0.0440. The van der Waals surface area contributed by atoms with Crippen molar-refractivity contribution in [3.05, 3.63) is 24.0 Å². The maximum Gasteiger partial charge on any atom is 0.181 e. The molecule has 0 radical (unpaired) electrons. The number of carbonyl (C=O) groups excluding carboxylic acids is 1. The van der Waals surface area contributed by atoms with Crippen molar-refractivity contribution in [1.29, 1.82) is 0 Å². The van der Waals surface area contributed by atoms with Crippen LogP contribution in [-0.4, -0.2) is 36.6 Å². The van der Waals surface area contributed by atoms with E-state index in [2.05, 4.69) is 4.98 Å². The fourth-order valence-electron chi connectivity index (χ4n) is 1.68. The second-order valence-electron chi connectivity index (χ2n) is 4.68. The van der Waals surface area contributed by atoms with Gasteiger partial charge in [-0.15, -0.1) is 0 Å². The molecule has 1 unspecified atom stereocenters. The number of nitrogens with two attached hydrogens (primary N) is 1. The second kappa shape index (κ2) is 7.86. The molecule has 1 rings (SSSR count). The highest BCUT2D eigenvalue weighted by Crippen LogP contribution is 2.15. The van der Waals surface area contributed by atoms with Gasteiger partial charge in [-0.3, -0.25) is 9.78 Å². The van der Waals surface area contributed by atoms with Crippen LogP contribution in [0.1, 0.15) is 37.0 Å². The third kappa shape index (κ3) is 5.36. The zero-order valence-electron chi connectivity index (χ0n) is 11.8. The summed E-state index contributed by atoms with van der Waals surface area (Å²) in [5.41, 5.74) is 6.36. The van der Waals surface area contributed by atoms with E-state index in [0.29, 0.717) is 24.3 Å². The normalized spacial score (nSPS) is 12.5. The third-order valence-electron chi connectivity index (χ3n) is 2.57. The lowest BCUT2D eigenvalue weighted by Crippen LogP contribution is -2.30. The summed E-state index contributed by atoms with van der Waals surface area (Å²) in [6, 6.07) is 1.16. The fourth-order valence-corrected chi connectivity index (χ4v) is 1.68. The maximum absolute atomic E-state index is 12.1. The molecule has 1 heterocycles. The summed E-state index contributed by atoms with van der Waals surface area (Å²) in [7, 11) is 1.63. The monoisotopic (exact) mass is 266 g/mol. The number of hydrogen-bond donors (Lipinski definition) is 1. The van der Waals surface area contributed by atoms with E-state index in [1.165, 1.54) is 6.20 Å². The first-order valence-corrected chi connectivity index (χ1v) is 6.45. The molecule has 0 fully saturated rings. The van der Waals surface area contributed by atoms with Crippen LogP contribution < -0.4 is 10.5 Å². The number of ether oxygens (including phenoxy) is 2. The smallest absolute Gasteiger partial charge is 0.181 e. The van der Waals surface area contributed by atoms with Crippen molar-refractivity contribution in [1.82, 2.24) is 4.98 Å². The Balaban J connectivity index is 2.65. The molecule has 0 aliphatic heterocycles. The molecule has 2 N–H and O–H groups in total. The van der Waals surface area contributed by atoms with E-state index < -0.39 is 6.04 Å². The molecule has 0 aromatic carbocycles. The maximum atomic E-state index is 12.1. The second-order valence-corrected chi connectivity index (χ2v) is 4.68. The number of pyridine rings is 1. The van der Waals surface area contributed by atoms with Crippen molar-refractivity contribution in [2.75, 3.05) is 13.7 Å². The zero-order chi connectivity index (χ0) is 14.3. The highest BCUT2D eigenvalue weighted by Gasteiger charge is 2.16. The molecule has 19 heavy (non-hydrogen) atoms. The minimum atomic E-state index is -0.522. The number of Topliss-reactive ketones (excluding diaryl/α,β-unsaturated/α-hetero) is 1. The summed E-state index contributed by atoms with van der Waals surface area (Å²) in [6.45, 7) is 4.45. The van der Waals surface area contributed by atoms with Gasteiger partial charge in [0, 0.05) is 25.5 Å². The first-order valence-electron chi connectivity index (χ1n) is 6.45. The van der Waals surface area contributed by atoms with E-state index in [1.807, 2.05) is 13.8 Å². The van der Waals surface area contributed by atoms with Gasteiger partial charge in [-0.2, -0.15) is 0 Å². The van der Waals surface area contributed by atoms with E-state index in [-0.39, 0.29) is 11.9 Å². The lowest BCUT2D eigenvalue weighted by molar-refractivity contribution is 0.0949. The molecule has 5 nitrogen and oxygen atoms in total. The molecule has 0 spiro atoms. The Bertz CT molecular complexity index is 407. The first-order chi connectivity index (χ1) is 9.04. The Hall–Kier alpha value is -1.46. The van der Waals surface area contributed by atoms with Crippen LogP contribution in [-0.2, 0) is 4.74 Å². The Morgan fingerprint density at radius 1 is 1.42 bits per heavy atom. The van der Waals surface area contributed by atoms with Crippen molar-refractivity contribution < 1.29 is 14.3 Å². The number of hydrogen-bond acceptors (Lipinski definition) is 5. The quantitative estimate of drug-likeness (QED) is 0.573. The summed E-state index contributed by atoms with van der Waals surface area (Å²) < 4.78 is 10.4. The van der Waals surface area contributed by atoms with Gasteiger partial charge < -0.3 is 15.2 Å². The summed E-state index contributed by atoms with van der Waals surface area (Å²) in [4.78, 5) is 16.1. The van der Waals surface area contributed by atoms with Gasteiger partial charge in [0.1, 0.15) is 5.75 Å². The highest BCUT2D eigenvalue weighted by atomic mass is 16.5. The van der Waals surface area contributed by atoms with Crippen molar-refractivity contribution in [2.45, 2.75) is 38.8 Å².